The molecule has 1 aliphatic rings. The molecule has 0 saturated carbocycles. The molecule has 1 aromatic carbocycles. The molecule has 5 heteroatoms. The van der Waals surface area contributed by atoms with Crippen LogP contribution in [0.2, 0.25) is 5.02 Å². The molecule has 4 nitrogen and oxygen atoms in total. The van der Waals surface area contributed by atoms with E-state index in [9.17, 15) is 4.79 Å². The monoisotopic (exact) mass is 283 g/mol. The van der Waals surface area contributed by atoms with Crippen molar-refractivity contribution >= 4 is 17.5 Å². The maximum absolute atomic E-state index is 11.9. The Kier molecular flexibility index (Phi) is 4.66. The third kappa shape index (κ3) is 3.39. The minimum Gasteiger partial charge on any atom is -0.496 e. The van der Waals surface area contributed by atoms with Crippen LogP contribution < -0.4 is 10.1 Å². The summed E-state index contributed by atoms with van der Waals surface area (Å²) in [6.07, 6.45) is 1.42. The summed E-state index contributed by atoms with van der Waals surface area (Å²) in [5, 5.41) is 3.51. The number of methoxy groups -OCH3 is 1. The van der Waals surface area contributed by atoms with Gasteiger partial charge in [-0.2, -0.15) is 0 Å². The highest BCUT2D eigenvalue weighted by atomic mass is 35.5. The maximum atomic E-state index is 11.9. The highest BCUT2D eigenvalue weighted by molar-refractivity contribution is 6.30. The fraction of sp³-hybridized carbons (Fsp3) is 0.500. The first-order valence-electron chi connectivity index (χ1n) is 6.34. The van der Waals surface area contributed by atoms with Crippen molar-refractivity contribution in [3.63, 3.8) is 0 Å². The lowest BCUT2D eigenvalue weighted by Crippen LogP contribution is -2.33. The summed E-state index contributed by atoms with van der Waals surface area (Å²) in [5.74, 6) is 0.689. The van der Waals surface area contributed by atoms with Crippen LogP contribution in [0.3, 0.4) is 0 Å². The van der Waals surface area contributed by atoms with Crippen molar-refractivity contribution in [1.82, 2.24) is 5.32 Å². The standard InChI is InChI=1S/C14H18ClNO3/c1-9-6-11(15)7-10(13(9)18-2)8-16-14(17)12-4-3-5-19-12/h6-7,12H,3-5,8H2,1-2H3,(H,16,17). The maximum Gasteiger partial charge on any atom is 0.249 e. The van der Waals surface area contributed by atoms with Crippen molar-refractivity contribution in [3.8, 4) is 5.75 Å². The summed E-state index contributed by atoms with van der Waals surface area (Å²) in [5.41, 5.74) is 1.83. The number of hydrogen-bond donors (Lipinski definition) is 1. The van der Waals surface area contributed by atoms with Gasteiger partial charge in [0.15, 0.2) is 0 Å². The summed E-state index contributed by atoms with van der Waals surface area (Å²) < 4.78 is 10.7. The van der Waals surface area contributed by atoms with Crippen LogP contribution in [0.4, 0.5) is 0 Å². The predicted molar refractivity (Wildman–Crippen MR) is 73.6 cm³/mol. The van der Waals surface area contributed by atoms with E-state index in [0.29, 0.717) is 18.2 Å². The van der Waals surface area contributed by atoms with Gasteiger partial charge in [-0.1, -0.05) is 11.6 Å². The molecule has 0 aromatic heterocycles. The Balaban J connectivity index is 2.04. The van der Waals surface area contributed by atoms with E-state index in [2.05, 4.69) is 5.32 Å². The van der Waals surface area contributed by atoms with E-state index in [4.69, 9.17) is 21.1 Å². The fourth-order valence-corrected chi connectivity index (χ4v) is 2.60. The van der Waals surface area contributed by atoms with Crippen molar-refractivity contribution in [2.75, 3.05) is 13.7 Å². The van der Waals surface area contributed by atoms with Gasteiger partial charge in [-0.15, -0.1) is 0 Å². The summed E-state index contributed by atoms with van der Waals surface area (Å²) >= 11 is 6.03. The Morgan fingerprint density at radius 1 is 1.58 bits per heavy atom. The van der Waals surface area contributed by atoms with Crippen LogP contribution >= 0.6 is 11.6 Å². The highest BCUT2D eigenvalue weighted by Gasteiger charge is 2.23. The molecule has 1 fully saturated rings. The number of aryl methyl sites for hydroxylation is 1. The predicted octanol–water partition coefficient (Wildman–Crippen LogP) is 2.45. The number of hydrogen-bond acceptors (Lipinski definition) is 3. The van der Waals surface area contributed by atoms with Gasteiger partial charge in [-0.05, 0) is 37.5 Å². The van der Waals surface area contributed by atoms with Crippen molar-refractivity contribution < 1.29 is 14.3 Å². The van der Waals surface area contributed by atoms with Crippen LogP contribution in [0.25, 0.3) is 0 Å². The third-order valence-corrected chi connectivity index (χ3v) is 3.41. The number of benzene rings is 1. The molecule has 0 spiro atoms. The van der Waals surface area contributed by atoms with Gasteiger partial charge in [0, 0.05) is 23.7 Å². The third-order valence-electron chi connectivity index (χ3n) is 3.20. The van der Waals surface area contributed by atoms with E-state index in [-0.39, 0.29) is 12.0 Å². The molecule has 1 aromatic rings. The van der Waals surface area contributed by atoms with Crippen LogP contribution in [-0.2, 0) is 16.1 Å². The van der Waals surface area contributed by atoms with E-state index >= 15 is 0 Å². The quantitative estimate of drug-likeness (QED) is 0.923. The minimum absolute atomic E-state index is 0.0721. The molecule has 1 N–H and O–H groups in total. The van der Waals surface area contributed by atoms with Crippen LogP contribution in [-0.4, -0.2) is 25.7 Å². The van der Waals surface area contributed by atoms with E-state index in [1.54, 1.807) is 7.11 Å². The Morgan fingerprint density at radius 2 is 2.37 bits per heavy atom. The summed E-state index contributed by atoms with van der Waals surface area (Å²) in [7, 11) is 1.61. The topological polar surface area (TPSA) is 47.6 Å². The van der Waals surface area contributed by atoms with Gasteiger partial charge in [0.25, 0.3) is 0 Å². The van der Waals surface area contributed by atoms with E-state index < -0.39 is 0 Å². The number of amides is 1. The molecule has 2 rings (SSSR count). The first-order valence-corrected chi connectivity index (χ1v) is 6.72. The number of carbonyl (C=O) groups excluding carboxylic acids is 1. The van der Waals surface area contributed by atoms with E-state index in [1.165, 1.54) is 0 Å². The first-order chi connectivity index (χ1) is 9.11. The fourth-order valence-electron chi connectivity index (χ4n) is 2.30. The van der Waals surface area contributed by atoms with E-state index in [1.807, 2.05) is 19.1 Å². The molecular weight excluding hydrogens is 266 g/mol. The average Bonchev–Trinajstić information content (AvgIpc) is 2.89. The summed E-state index contributed by atoms with van der Waals surface area (Å²) in [6, 6.07) is 3.65. The average molecular weight is 284 g/mol. The lowest BCUT2D eigenvalue weighted by atomic mass is 10.1. The van der Waals surface area contributed by atoms with Gasteiger partial charge in [0.1, 0.15) is 11.9 Å². The van der Waals surface area contributed by atoms with Gasteiger partial charge in [-0.25, -0.2) is 0 Å². The Bertz CT molecular complexity index is 470. The molecule has 1 atom stereocenters. The van der Waals surface area contributed by atoms with Crippen LogP contribution in [0.15, 0.2) is 12.1 Å². The Hall–Kier alpha value is -1.26. The van der Waals surface area contributed by atoms with Gasteiger partial charge >= 0.3 is 0 Å². The minimum atomic E-state index is -0.314. The lowest BCUT2D eigenvalue weighted by Gasteiger charge is -2.14. The van der Waals surface area contributed by atoms with Crippen LogP contribution in [0.1, 0.15) is 24.0 Å². The molecule has 0 bridgehead atoms. The van der Waals surface area contributed by atoms with Crippen molar-refractivity contribution in [1.29, 1.82) is 0 Å². The molecule has 1 aliphatic heterocycles. The molecule has 104 valence electrons. The lowest BCUT2D eigenvalue weighted by molar-refractivity contribution is -0.130. The number of ether oxygens (including phenoxy) is 2. The zero-order valence-electron chi connectivity index (χ0n) is 11.2. The summed E-state index contributed by atoms with van der Waals surface area (Å²) in [6.45, 7) is 2.98. The highest BCUT2D eigenvalue weighted by Crippen LogP contribution is 2.27. The Labute approximate surface area is 118 Å². The SMILES string of the molecule is COc1c(C)cc(Cl)cc1CNC(=O)C1CCCO1. The largest absolute Gasteiger partial charge is 0.496 e. The normalized spacial score (nSPS) is 18.4. The van der Waals surface area contributed by atoms with Crippen molar-refractivity contribution in [2.45, 2.75) is 32.4 Å². The number of rotatable bonds is 4. The van der Waals surface area contributed by atoms with Crippen molar-refractivity contribution in [3.05, 3.63) is 28.3 Å². The van der Waals surface area contributed by atoms with Crippen molar-refractivity contribution in [2.24, 2.45) is 0 Å². The van der Waals surface area contributed by atoms with Crippen LogP contribution in [0, 0.1) is 6.92 Å². The molecule has 0 aliphatic carbocycles. The van der Waals surface area contributed by atoms with Gasteiger partial charge in [0.05, 0.1) is 7.11 Å². The zero-order chi connectivity index (χ0) is 13.8. The van der Waals surface area contributed by atoms with Crippen LogP contribution in [0.5, 0.6) is 5.75 Å². The molecule has 1 amide bonds. The molecule has 19 heavy (non-hydrogen) atoms. The zero-order valence-corrected chi connectivity index (χ0v) is 11.9. The second kappa shape index (κ2) is 6.26. The van der Waals surface area contributed by atoms with Gasteiger partial charge < -0.3 is 14.8 Å². The molecule has 1 unspecified atom stereocenters. The molecule has 1 heterocycles. The second-order valence-electron chi connectivity index (χ2n) is 4.63. The number of carbonyl (C=O) groups is 1. The smallest absolute Gasteiger partial charge is 0.249 e. The number of nitrogens with one attached hydrogen (secondary N) is 1. The van der Waals surface area contributed by atoms with Gasteiger partial charge in [-0.3, -0.25) is 4.79 Å². The van der Waals surface area contributed by atoms with E-state index in [0.717, 1.165) is 29.7 Å². The van der Waals surface area contributed by atoms with Gasteiger partial charge in [0.2, 0.25) is 5.91 Å². The second-order valence-corrected chi connectivity index (χ2v) is 5.07. The Morgan fingerprint density at radius 3 is 3.00 bits per heavy atom. The first kappa shape index (κ1) is 14.2. The molecule has 1 saturated heterocycles. The molecular formula is C14H18ClNO3. The summed E-state index contributed by atoms with van der Waals surface area (Å²) in [4.78, 5) is 11.9. The number of halogens is 1. The molecule has 0 radical (unpaired) electrons.